The lowest BCUT2D eigenvalue weighted by Gasteiger charge is -2.23. The number of hydrogen-bond donors (Lipinski definition) is 1. The van der Waals surface area contributed by atoms with Crippen LogP contribution in [-0.2, 0) is 13.1 Å². The fourth-order valence-electron chi connectivity index (χ4n) is 2.72. The highest BCUT2D eigenvalue weighted by atomic mass is 15.1. The van der Waals surface area contributed by atoms with E-state index in [0.29, 0.717) is 0 Å². The molecule has 23 heavy (non-hydrogen) atoms. The van der Waals surface area contributed by atoms with Crippen LogP contribution in [-0.4, -0.2) is 24.5 Å². The molecule has 2 heteroatoms. The molecule has 0 spiro atoms. The minimum Gasteiger partial charge on any atom is -0.316 e. The summed E-state index contributed by atoms with van der Waals surface area (Å²) in [6.07, 6.45) is 1.19. The second-order valence-electron chi connectivity index (χ2n) is 6.63. The van der Waals surface area contributed by atoms with Crippen LogP contribution in [0.2, 0.25) is 0 Å². The van der Waals surface area contributed by atoms with Crippen LogP contribution >= 0.6 is 0 Å². The summed E-state index contributed by atoms with van der Waals surface area (Å²) >= 11 is 0. The van der Waals surface area contributed by atoms with Crippen molar-refractivity contribution in [1.82, 2.24) is 10.2 Å². The van der Waals surface area contributed by atoms with E-state index in [4.69, 9.17) is 0 Å². The number of nitrogens with zero attached hydrogens (tertiary/aromatic N) is 1. The lowest BCUT2D eigenvalue weighted by molar-refractivity contribution is 0.252. The van der Waals surface area contributed by atoms with Crippen LogP contribution in [0.5, 0.6) is 0 Å². The number of rotatable bonds is 10. The Morgan fingerprint density at radius 2 is 1.35 bits per heavy atom. The van der Waals surface area contributed by atoms with Crippen LogP contribution in [0.25, 0.3) is 0 Å². The quantitative estimate of drug-likeness (QED) is 0.657. The third-order valence-corrected chi connectivity index (χ3v) is 3.88. The Kier molecular flexibility index (Phi) is 7.85. The van der Waals surface area contributed by atoms with E-state index in [1.54, 1.807) is 0 Å². The van der Waals surface area contributed by atoms with Gasteiger partial charge in [0.15, 0.2) is 0 Å². The van der Waals surface area contributed by atoms with Crippen LogP contribution in [0.3, 0.4) is 0 Å². The average Bonchev–Trinajstić information content (AvgIpc) is 2.56. The average molecular weight is 310 g/mol. The van der Waals surface area contributed by atoms with Gasteiger partial charge in [-0.05, 0) is 36.6 Å². The maximum absolute atomic E-state index is 3.54. The van der Waals surface area contributed by atoms with Gasteiger partial charge in [0.1, 0.15) is 0 Å². The predicted molar refractivity (Wildman–Crippen MR) is 99.3 cm³/mol. The first-order valence-corrected chi connectivity index (χ1v) is 8.75. The lowest BCUT2D eigenvalue weighted by atomic mass is 10.1. The summed E-state index contributed by atoms with van der Waals surface area (Å²) in [5.41, 5.74) is 2.78. The van der Waals surface area contributed by atoms with Crippen molar-refractivity contribution in [2.75, 3.05) is 19.6 Å². The number of hydrogen-bond acceptors (Lipinski definition) is 2. The van der Waals surface area contributed by atoms with E-state index in [9.17, 15) is 0 Å². The van der Waals surface area contributed by atoms with Crippen LogP contribution in [0.15, 0.2) is 60.7 Å². The highest BCUT2D eigenvalue weighted by Crippen LogP contribution is 2.10. The minimum absolute atomic E-state index is 0.722. The highest BCUT2D eigenvalue weighted by molar-refractivity contribution is 5.17. The van der Waals surface area contributed by atoms with E-state index in [2.05, 4.69) is 84.7 Å². The molecule has 0 unspecified atom stereocenters. The van der Waals surface area contributed by atoms with Gasteiger partial charge in [-0.2, -0.15) is 0 Å². The summed E-state index contributed by atoms with van der Waals surface area (Å²) in [5.74, 6) is 0.722. The van der Waals surface area contributed by atoms with Gasteiger partial charge in [0.05, 0.1) is 0 Å². The summed E-state index contributed by atoms with van der Waals surface area (Å²) in [7, 11) is 0. The fourth-order valence-corrected chi connectivity index (χ4v) is 2.72. The molecule has 124 valence electrons. The molecule has 0 radical (unpaired) electrons. The zero-order chi connectivity index (χ0) is 16.3. The Bertz CT molecular complexity index is 481. The SMILES string of the molecule is CC(C)CNCCCN(Cc1ccccc1)Cc1ccccc1. The Morgan fingerprint density at radius 1 is 0.826 bits per heavy atom. The Balaban J connectivity index is 1.86. The molecule has 0 fully saturated rings. The Morgan fingerprint density at radius 3 is 1.83 bits per heavy atom. The topological polar surface area (TPSA) is 15.3 Å². The monoisotopic (exact) mass is 310 g/mol. The molecule has 0 bridgehead atoms. The summed E-state index contributed by atoms with van der Waals surface area (Å²) in [6.45, 7) is 9.86. The molecule has 0 aliphatic heterocycles. The van der Waals surface area contributed by atoms with Gasteiger partial charge in [0.2, 0.25) is 0 Å². The first-order valence-electron chi connectivity index (χ1n) is 8.75. The maximum Gasteiger partial charge on any atom is 0.0237 e. The molecule has 0 aromatic heterocycles. The van der Waals surface area contributed by atoms with E-state index in [1.807, 2.05) is 0 Å². The van der Waals surface area contributed by atoms with Crippen molar-refractivity contribution in [3.05, 3.63) is 71.8 Å². The van der Waals surface area contributed by atoms with Gasteiger partial charge in [0.25, 0.3) is 0 Å². The largest absolute Gasteiger partial charge is 0.316 e. The van der Waals surface area contributed by atoms with Gasteiger partial charge >= 0.3 is 0 Å². The van der Waals surface area contributed by atoms with Gasteiger partial charge in [-0.1, -0.05) is 74.5 Å². The third kappa shape index (κ3) is 7.45. The molecular formula is C21H30N2. The molecule has 1 N–H and O–H groups in total. The fraction of sp³-hybridized carbons (Fsp3) is 0.429. The normalized spacial score (nSPS) is 11.3. The standard InChI is InChI=1S/C21H30N2/c1-19(2)16-22-14-9-15-23(17-20-10-5-3-6-11-20)18-21-12-7-4-8-13-21/h3-8,10-13,19,22H,9,14-18H2,1-2H3. The predicted octanol–water partition coefficient (Wildman–Crippen LogP) is 4.32. The first-order chi connectivity index (χ1) is 11.2. The molecule has 0 aliphatic rings. The summed E-state index contributed by atoms with van der Waals surface area (Å²) in [6, 6.07) is 21.5. The van der Waals surface area contributed by atoms with Crippen molar-refractivity contribution in [2.24, 2.45) is 5.92 Å². The van der Waals surface area contributed by atoms with Crippen LogP contribution < -0.4 is 5.32 Å². The highest BCUT2D eigenvalue weighted by Gasteiger charge is 2.07. The van der Waals surface area contributed by atoms with Gasteiger partial charge in [-0.15, -0.1) is 0 Å². The van der Waals surface area contributed by atoms with Crippen molar-refractivity contribution < 1.29 is 0 Å². The molecule has 0 aliphatic carbocycles. The summed E-state index contributed by atoms with van der Waals surface area (Å²) in [5, 5.41) is 3.54. The Hall–Kier alpha value is -1.64. The van der Waals surface area contributed by atoms with Crippen LogP contribution in [0, 0.1) is 5.92 Å². The van der Waals surface area contributed by atoms with Crippen molar-refractivity contribution in [3.63, 3.8) is 0 Å². The number of benzene rings is 2. The van der Waals surface area contributed by atoms with E-state index in [-0.39, 0.29) is 0 Å². The van der Waals surface area contributed by atoms with Crippen LogP contribution in [0.1, 0.15) is 31.4 Å². The van der Waals surface area contributed by atoms with Gasteiger partial charge in [-0.25, -0.2) is 0 Å². The second-order valence-corrected chi connectivity index (χ2v) is 6.63. The molecule has 2 aromatic rings. The minimum atomic E-state index is 0.722. The molecule has 0 amide bonds. The molecule has 0 saturated heterocycles. The van der Waals surface area contributed by atoms with E-state index in [1.165, 1.54) is 17.5 Å². The third-order valence-electron chi connectivity index (χ3n) is 3.88. The smallest absolute Gasteiger partial charge is 0.0237 e. The molecule has 0 atom stereocenters. The zero-order valence-electron chi connectivity index (χ0n) is 14.5. The second kappa shape index (κ2) is 10.2. The van der Waals surface area contributed by atoms with Gasteiger partial charge < -0.3 is 5.32 Å². The van der Waals surface area contributed by atoms with Crippen molar-refractivity contribution in [2.45, 2.75) is 33.4 Å². The molecular weight excluding hydrogens is 280 g/mol. The first kappa shape index (κ1) is 17.7. The van der Waals surface area contributed by atoms with Gasteiger partial charge in [-0.3, -0.25) is 4.90 Å². The Labute approximate surface area is 141 Å². The van der Waals surface area contributed by atoms with E-state index in [0.717, 1.165) is 38.6 Å². The molecule has 2 aromatic carbocycles. The molecule has 0 heterocycles. The molecule has 2 nitrogen and oxygen atoms in total. The number of nitrogens with one attached hydrogen (secondary N) is 1. The summed E-state index contributed by atoms with van der Waals surface area (Å²) in [4.78, 5) is 2.54. The maximum atomic E-state index is 3.54. The van der Waals surface area contributed by atoms with Crippen molar-refractivity contribution in [3.8, 4) is 0 Å². The van der Waals surface area contributed by atoms with Crippen LogP contribution in [0.4, 0.5) is 0 Å². The van der Waals surface area contributed by atoms with Crippen molar-refractivity contribution in [1.29, 1.82) is 0 Å². The summed E-state index contributed by atoms with van der Waals surface area (Å²) < 4.78 is 0. The molecule has 2 rings (SSSR count). The van der Waals surface area contributed by atoms with E-state index >= 15 is 0 Å². The lowest BCUT2D eigenvalue weighted by Crippen LogP contribution is -2.28. The van der Waals surface area contributed by atoms with E-state index < -0.39 is 0 Å². The molecule has 0 saturated carbocycles. The van der Waals surface area contributed by atoms with Gasteiger partial charge in [0, 0.05) is 19.6 Å². The van der Waals surface area contributed by atoms with Crippen molar-refractivity contribution >= 4 is 0 Å². The zero-order valence-corrected chi connectivity index (χ0v) is 14.5.